The van der Waals surface area contributed by atoms with E-state index < -0.39 is 23.3 Å². The first-order chi connectivity index (χ1) is 8.78. The summed E-state index contributed by atoms with van der Waals surface area (Å²) in [6.45, 7) is 5.78. The molecule has 1 aromatic rings. The summed E-state index contributed by atoms with van der Waals surface area (Å²) in [5, 5.41) is 5.19. The second kappa shape index (κ2) is 6.36. The van der Waals surface area contributed by atoms with Gasteiger partial charge in [-0.15, -0.1) is 0 Å². The van der Waals surface area contributed by atoms with Crippen LogP contribution in [0, 0.1) is 11.6 Å². The van der Waals surface area contributed by atoms with E-state index in [4.69, 9.17) is 4.74 Å². The smallest absolute Gasteiger partial charge is 0.407 e. The van der Waals surface area contributed by atoms with E-state index in [0.717, 1.165) is 18.2 Å². The Morgan fingerprint density at radius 1 is 1.26 bits per heavy atom. The predicted molar refractivity (Wildman–Crippen MR) is 69.1 cm³/mol. The molecule has 106 valence electrons. The van der Waals surface area contributed by atoms with Crippen LogP contribution in [0.1, 0.15) is 20.8 Å². The van der Waals surface area contributed by atoms with Crippen molar-refractivity contribution >= 4 is 11.8 Å². The maximum Gasteiger partial charge on any atom is 0.407 e. The summed E-state index contributed by atoms with van der Waals surface area (Å²) in [6, 6.07) is 3.14. The number of hydrogen-bond acceptors (Lipinski definition) is 3. The SMILES string of the molecule is CC(C)(C)OC(=O)NCCNc1cc(F)ccc1F. The Morgan fingerprint density at radius 3 is 2.58 bits per heavy atom. The zero-order chi connectivity index (χ0) is 14.5. The summed E-state index contributed by atoms with van der Waals surface area (Å²) in [6.07, 6.45) is -0.547. The van der Waals surface area contributed by atoms with Crippen LogP contribution in [0.25, 0.3) is 0 Å². The largest absolute Gasteiger partial charge is 0.444 e. The third-order valence-electron chi connectivity index (χ3n) is 2.04. The second-order valence-corrected chi connectivity index (χ2v) is 4.98. The fraction of sp³-hybridized carbons (Fsp3) is 0.462. The molecule has 0 aliphatic heterocycles. The van der Waals surface area contributed by atoms with E-state index in [2.05, 4.69) is 10.6 Å². The van der Waals surface area contributed by atoms with Crippen molar-refractivity contribution in [1.82, 2.24) is 5.32 Å². The Morgan fingerprint density at radius 2 is 1.95 bits per heavy atom. The first-order valence-electron chi connectivity index (χ1n) is 5.94. The molecular weight excluding hydrogens is 254 g/mol. The third kappa shape index (κ3) is 6.03. The van der Waals surface area contributed by atoms with Crippen molar-refractivity contribution in [3.63, 3.8) is 0 Å². The number of amides is 1. The molecule has 0 saturated heterocycles. The highest BCUT2D eigenvalue weighted by molar-refractivity contribution is 5.67. The highest BCUT2D eigenvalue weighted by atomic mass is 19.1. The minimum absolute atomic E-state index is 0.0611. The third-order valence-corrected chi connectivity index (χ3v) is 2.04. The molecule has 0 aromatic heterocycles. The second-order valence-electron chi connectivity index (χ2n) is 4.98. The Bertz CT molecular complexity index is 445. The van der Waals surface area contributed by atoms with Gasteiger partial charge in [0.25, 0.3) is 0 Å². The van der Waals surface area contributed by atoms with Gasteiger partial charge in [0.15, 0.2) is 0 Å². The van der Waals surface area contributed by atoms with Gasteiger partial charge in [-0.25, -0.2) is 13.6 Å². The van der Waals surface area contributed by atoms with Gasteiger partial charge in [-0.05, 0) is 39.0 Å². The fourth-order valence-corrected chi connectivity index (χ4v) is 1.31. The van der Waals surface area contributed by atoms with Crippen LogP contribution in [0.5, 0.6) is 0 Å². The summed E-state index contributed by atoms with van der Waals surface area (Å²) >= 11 is 0. The van der Waals surface area contributed by atoms with Crippen molar-refractivity contribution in [2.75, 3.05) is 18.4 Å². The molecule has 4 nitrogen and oxygen atoms in total. The molecule has 1 rings (SSSR count). The van der Waals surface area contributed by atoms with E-state index in [-0.39, 0.29) is 18.8 Å². The average Bonchev–Trinajstić information content (AvgIpc) is 2.26. The number of halogens is 2. The van der Waals surface area contributed by atoms with Gasteiger partial charge in [0.1, 0.15) is 17.2 Å². The molecule has 0 fully saturated rings. The molecule has 19 heavy (non-hydrogen) atoms. The van der Waals surface area contributed by atoms with Crippen molar-refractivity contribution < 1.29 is 18.3 Å². The van der Waals surface area contributed by atoms with Crippen LogP contribution in [0.3, 0.4) is 0 Å². The van der Waals surface area contributed by atoms with Crippen LogP contribution in [0.15, 0.2) is 18.2 Å². The molecule has 2 N–H and O–H groups in total. The fourth-order valence-electron chi connectivity index (χ4n) is 1.31. The number of hydrogen-bond donors (Lipinski definition) is 2. The maximum absolute atomic E-state index is 13.2. The van der Waals surface area contributed by atoms with E-state index in [1.165, 1.54) is 0 Å². The van der Waals surface area contributed by atoms with Crippen LogP contribution in [0.4, 0.5) is 19.3 Å². The average molecular weight is 272 g/mol. The molecule has 1 amide bonds. The number of benzene rings is 1. The molecule has 0 heterocycles. The monoisotopic (exact) mass is 272 g/mol. The molecular formula is C13H18F2N2O2. The molecule has 0 radical (unpaired) electrons. The van der Waals surface area contributed by atoms with Crippen LogP contribution < -0.4 is 10.6 Å². The predicted octanol–water partition coefficient (Wildman–Crippen LogP) is 2.90. The summed E-state index contributed by atoms with van der Waals surface area (Å²) in [4.78, 5) is 11.3. The molecule has 6 heteroatoms. The van der Waals surface area contributed by atoms with E-state index >= 15 is 0 Å². The quantitative estimate of drug-likeness (QED) is 0.829. The summed E-state index contributed by atoms with van der Waals surface area (Å²) in [5.41, 5.74) is -0.502. The van der Waals surface area contributed by atoms with Gasteiger partial charge in [-0.2, -0.15) is 0 Å². The molecule has 0 unspecified atom stereocenters. The highest BCUT2D eigenvalue weighted by Gasteiger charge is 2.15. The van der Waals surface area contributed by atoms with Crippen molar-refractivity contribution in [2.45, 2.75) is 26.4 Å². The van der Waals surface area contributed by atoms with Gasteiger partial charge >= 0.3 is 6.09 Å². The van der Waals surface area contributed by atoms with Crippen molar-refractivity contribution in [1.29, 1.82) is 0 Å². The lowest BCUT2D eigenvalue weighted by atomic mass is 10.2. The van der Waals surface area contributed by atoms with Crippen molar-refractivity contribution in [3.8, 4) is 0 Å². The van der Waals surface area contributed by atoms with Crippen molar-refractivity contribution in [3.05, 3.63) is 29.8 Å². The lowest BCUT2D eigenvalue weighted by Gasteiger charge is -2.19. The normalized spacial score (nSPS) is 11.0. The number of carbonyl (C=O) groups is 1. The standard InChI is InChI=1S/C13H18F2N2O2/c1-13(2,3)19-12(18)17-7-6-16-11-8-9(14)4-5-10(11)15/h4-5,8,16H,6-7H2,1-3H3,(H,17,18). The first-order valence-corrected chi connectivity index (χ1v) is 5.94. The number of rotatable bonds is 4. The van der Waals surface area contributed by atoms with E-state index in [9.17, 15) is 13.6 Å². The Kier molecular flexibility index (Phi) is 5.09. The molecule has 1 aromatic carbocycles. The van der Waals surface area contributed by atoms with E-state index in [1.807, 2.05) is 0 Å². The lowest BCUT2D eigenvalue weighted by Crippen LogP contribution is -2.35. The lowest BCUT2D eigenvalue weighted by molar-refractivity contribution is 0.0530. The number of ether oxygens (including phenoxy) is 1. The minimum Gasteiger partial charge on any atom is -0.444 e. The van der Waals surface area contributed by atoms with E-state index in [1.54, 1.807) is 20.8 Å². The molecule has 0 aliphatic carbocycles. The van der Waals surface area contributed by atoms with Crippen LogP contribution in [0.2, 0.25) is 0 Å². The van der Waals surface area contributed by atoms with E-state index in [0.29, 0.717) is 0 Å². The zero-order valence-corrected chi connectivity index (χ0v) is 11.2. The Balaban J connectivity index is 2.31. The zero-order valence-electron chi connectivity index (χ0n) is 11.2. The van der Waals surface area contributed by atoms with Gasteiger partial charge in [-0.3, -0.25) is 0 Å². The number of carbonyl (C=O) groups excluding carboxylic acids is 1. The van der Waals surface area contributed by atoms with Gasteiger partial charge in [0.2, 0.25) is 0 Å². The van der Waals surface area contributed by atoms with Gasteiger partial charge in [-0.1, -0.05) is 0 Å². The summed E-state index contributed by atoms with van der Waals surface area (Å²) in [5.74, 6) is -1.07. The van der Waals surface area contributed by atoms with Crippen molar-refractivity contribution in [2.24, 2.45) is 0 Å². The summed E-state index contributed by atoms with van der Waals surface area (Å²) < 4.78 is 31.1. The molecule has 0 saturated carbocycles. The molecule has 0 spiro atoms. The van der Waals surface area contributed by atoms with Crippen LogP contribution in [-0.2, 0) is 4.74 Å². The van der Waals surface area contributed by atoms with Crippen LogP contribution in [-0.4, -0.2) is 24.8 Å². The molecule has 0 atom stereocenters. The number of anilines is 1. The minimum atomic E-state index is -0.563. The molecule has 0 bridgehead atoms. The first kappa shape index (κ1) is 15.2. The Hall–Kier alpha value is -1.85. The van der Waals surface area contributed by atoms with Gasteiger partial charge < -0.3 is 15.4 Å². The highest BCUT2D eigenvalue weighted by Crippen LogP contribution is 2.14. The van der Waals surface area contributed by atoms with Gasteiger partial charge in [0, 0.05) is 13.1 Å². The Labute approximate surface area is 111 Å². The summed E-state index contributed by atoms with van der Waals surface area (Å²) in [7, 11) is 0. The van der Waals surface area contributed by atoms with Gasteiger partial charge in [0.05, 0.1) is 5.69 Å². The topological polar surface area (TPSA) is 50.4 Å². The van der Waals surface area contributed by atoms with Crippen LogP contribution >= 0.6 is 0 Å². The molecule has 0 aliphatic rings. The maximum atomic E-state index is 13.2. The number of alkyl carbamates (subject to hydrolysis) is 1. The number of nitrogens with one attached hydrogen (secondary N) is 2.